The molecule has 0 bridgehead atoms. The van der Waals surface area contributed by atoms with E-state index in [0.717, 1.165) is 6.07 Å². The molecule has 0 saturated heterocycles. The number of hydrogen-bond acceptors (Lipinski definition) is 7. The second kappa shape index (κ2) is 11.3. The van der Waals surface area contributed by atoms with E-state index in [1.54, 1.807) is 65.0 Å². The van der Waals surface area contributed by atoms with Crippen molar-refractivity contribution >= 4 is 5.97 Å². The fourth-order valence-corrected chi connectivity index (χ4v) is 3.30. The van der Waals surface area contributed by atoms with Gasteiger partial charge in [-0.05, 0) is 83.2 Å². The van der Waals surface area contributed by atoms with Crippen LogP contribution >= 0.6 is 0 Å². The van der Waals surface area contributed by atoms with E-state index in [4.69, 9.17) is 18.7 Å². The number of carbonyl (C=O) groups excluding carboxylic acids is 1. The summed E-state index contributed by atoms with van der Waals surface area (Å²) in [6.07, 6.45) is -3.76. The van der Waals surface area contributed by atoms with E-state index in [9.17, 15) is 18.0 Å². The third-order valence-corrected chi connectivity index (χ3v) is 4.84. The van der Waals surface area contributed by atoms with Crippen LogP contribution in [0.1, 0.15) is 40.2 Å². The minimum Gasteiger partial charge on any atom is -0.490 e. The number of benzene rings is 2. The van der Waals surface area contributed by atoms with Crippen molar-refractivity contribution < 1.29 is 36.7 Å². The zero-order chi connectivity index (χ0) is 26.5. The molecular formula is C26H27F3N2O5. The molecule has 2 aromatic carbocycles. The molecule has 1 atom stereocenters. The lowest BCUT2D eigenvalue weighted by Gasteiger charge is -2.16. The van der Waals surface area contributed by atoms with Crippen molar-refractivity contribution in [2.24, 2.45) is 0 Å². The Kier molecular flexibility index (Phi) is 8.39. The maximum atomic E-state index is 13.6. The first-order chi connectivity index (χ1) is 17.0. The maximum absolute atomic E-state index is 13.6. The Labute approximate surface area is 206 Å². The van der Waals surface area contributed by atoms with E-state index >= 15 is 0 Å². The van der Waals surface area contributed by atoms with Gasteiger partial charge in [0.05, 0.1) is 18.3 Å². The second-order valence-corrected chi connectivity index (χ2v) is 8.22. The van der Waals surface area contributed by atoms with Gasteiger partial charge in [-0.3, -0.25) is 0 Å². The van der Waals surface area contributed by atoms with Gasteiger partial charge in [0.1, 0.15) is 17.6 Å². The molecule has 192 valence electrons. The van der Waals surface area contributed by atoms with Gasteiger partial charge in [-0.1, -0.05) is 5.16 Å². The van der Waals surface area contributed by atoms with Gasteiger partial charge in [-0.25, -0.2) is 4.79 Å². The molecule has 3 rings (SSSR count). The lowest BCUT2D eigenvalue weighted by atomic mass is 10.1. The van der Waals surface area contributed by atoms with Crippen LogP contribution in [0.2, 0.25) is 0 Å². The average Bonchev–Trinajstić information content (AvgIpc) is 3.29. The van der Waals surface area contributed by atoms with Crippen molar-refractivity contribution in [1.29, 1.82) is 0 Å². The lowest BCUT2D eigenvalue weighted by Crippen LogP contribution is -2.13. The molecule has 0 spiro atoms. The highest BCUT2D eigenvalue weighted by Gasteiger charge is 2.35. The first kappa shape index (κ1) is 26.8. The van der Waals surface area contributed by atoms with Gasteiger partial charge in [0.25, 0.3) is 5.89 Å². The van der Waals surface area contributed by atoms with Crippen molar-refractivity contribution in [3.63, 3.8) is 0 Å². The molecule has 3 aromatic rings. The Morgan fingerprint density at radius 1 is 1.06 bits per heavy atom. The molecule has 0 aliphatic rings. The van der Waals surface area contributed by atoms with Crippen LogP contribution in [0.3, 0.4) is 0 Å². The smallest absolute Gasteiger partial charge is 0.419 e. The van der Waals surface area contributed by atoms with Crippen LogP contribution < -0.4 is 9.47 Å². The summed E-state index contributed by atoms with van der Waals surface area (Å²) in [6, 6.07) is 10.4. The van der Waals surface area contributed by atoms with E-state index in [-0.39, 0.29) is 29.1 Å². The topological polar surface area (TPSA) is 83.7 Å². The van der Waals surface area contributed by atoms with Gasteiger partial charge in [-0.15, -0.1) is 0 Å². The number of aromatic nitrogens is 2. The monoisotopic (exact) mass is 504 g/mol. The van der Waals surface area contributed by atoms with E-state index in [0.29, 0.717) is 23.5 Å². The molecule has 1 heterocycles. The first-order valence-corrected chi connectivity index (χ1v) is 11.3. The van der Waals surface area contributed by atoms with Gasteiger partial charge >= 0.3 is 12.1 Å². The van der Waals surface area contributed by atoms with Gasteiger partial charge < -0.3 is 18.7 Å². The molecule has 1 aromatic heterocycles. The van der Waals surface area contributed by atoms with Crippen LogP contribution in [0.5, 0.6) is 11.5 Å². The molecule has 36 heavy (non-hydrogen) atoms. The number of rotatable bonds is 9. The molecule has 0 aliphatic carbocycles. The molecule has 0 N–H and O–H groups in total. The Morgan fingerprint density at radius 3 is 2.33 bits per heavy atom. The van der Waals surface area contributed by atoms with E-state index < -0.39 is 23.8 Å². The van der Waals surface area contributed by atoms with Gasteiger partial charge in [0, 0.05) is 16.7 Å². The van der Waals surface area contributed by atoms with Crippen LogP contribution in [0.15, 0.2) is 58.6 Å². The first-order valence-electron chi connectivity index (χ1n) is 11.3. The summed E-state index contributed by atoms with van der Waals surface area (Å²) in [7, 11) is 0. The minimum absolute atomic E-state index is 0.0140. The predicted octanol–water partition coefficient (Wildman–Crippen LogP) is 6.49. The molecule has 0 saturated carbocycles. The number of nitrogens with zero attached hydrogens (tertiary/aromatic N) is 2. The Hall–Kier alpha value is -3.82. The number of alkyl halides is 3. The van der Waals surface area contributed by atoms with Crippen LogP contribution in [-0.2, 0) is 15.7 Å². The van der Waals surface area contributed by atoms with Crippen molar-refractivity contribution in [1.82, 2.24) is 10.1 Å². The molecule has 7 nitrogen and oxygen atoms in total. The average molecular weight is 505 g/mol. The Balaban J connectivity index is 1.76. The van der Waals surface area contributed by atoms with Crippen molar-refractivity contribution in [2.45, 2.75) is 53.0 Å². The lowest BCUT2D eigenvalue weighted by molar-refractivity contribution is -0.139. The fourth-order valence-electron chi connectivity index (χ4n) is 3.30. The highest BCUT2D eigenvalue weighted by molar-refractivity contribution is 5.87. The SMILES string of the molecule is CCOC(=O)/C(C)=C/C(C)Oc1ccc(-c2nc(-c3ccc(OC(C)C)c(C(F)(F)F)c3)no2)cc1. The third kappa shape index (κ3) is 6.87. The summed E-state index contributed by atoms with van der Waals surface area (Å²) < 4.78 is 62.0. The maximum Gasteiger partial charge on any atom is 0.419 e. The summed E-state index contributed by atoms with van der Waals surface area (Å²) in [5.41, 5.74) is 0.230. The quantitative estimate of drug-likeness (QED) is 0.243. The number of carbonyl (C=O) groups is 1. The zero-order valence-electron chi connectivity index (χ0n) is 20.6. The van der Waals surface area contributed by atoms with E-state index in [1.807, 2.05) is 0 Å². The summed E-state index contributed by atoms with van der Waals surface area (Å²) in [4.78, 5) is 16.0. The van der Waals surface area contributed by atoms with Crippen LogP contribution in [0.4, 0.5) is 13.2 Å². The molecule has 0 aliphatic heterocycles. The van der Waals surface area contributed by atoms with Crippen LogP contribution in [0.25, 0.3) is 22.8 Å². The normalized spacial score (nSPS) is 13.0. The Morgan fingerprint density at radius 2 is 1.72 bits per heavy atom. The molecule has 1 unspecified atom stereocenters. The number of hydrogen-bond donors (Lipinski definition) is 0. The second-order valence-electron chi connectivity index (χ2n) is 8.22. The van der Waals surface area contributed by atoms with Gasteiger partial charge in [0.2, 0.25) is 5.82 Å². The minimum atomic E-state index is -4.61. The summed E-state index contributed by atoms with van der Waals surface area (Å²) in [5, 5.41) is 3.83. The van der Waals surface area contributed by atoms with Crippen molar-refractivity contribution in [2.75, 3.05) is 6.61 Å². The van der Waals surface area contributed by atoms with Crippen molar-refractivity contribution in [3.8, 4) is 34.3 Å². The highest BCUT2D eigenvalue weighted by atomic mass is 19.4. The van der Waals surface area contributed by atoms with Crippen LogP contribution in [0, 0.1) is 0 Å². The van der Waals surface area contributed by atoms with Gasteiger partial charge in [0.15, 0.2) is 0 Å². The summed E-state index contributed by atoms with van der Waals surface area (Å²) in [6.45, 7) is 8.76. The highest BCUT2D eigenvalue weighted by Crippen LogP contribution is 2.39. The number of esters is 1. The fraction of sp³-hybridized carbons (Fsp3) is 0.346. The van der Waals surface area contributed by atoms with E-state index in [1.165, 1.54) is 12.1 Å². The summed E-state index contributed by atoms with van der Waals surface area (Å²) >= 11 is 0. The standard InChI is InChI=1S/C26H27F3N2O5/c1-6-33-25(32)16(4)13-17(5)35-20-10-7-18(8-11-20)24-30-23(31-36-24)19-9-12-22(34-15(2)3)21(14-19)26(27,28)29/h7-15,17H,6H2,1-5H3/b16-13+. The zero-order valence-corrected chi connectivity index (χ0v) is 20.6. The molecule has 0 radical (unpaired) electrons. The van der Waals surface area contributed by atoms with Crippen LogP contribution in [-0.4, -0.2) is 34.9 Å². The molecule has 0 fully saturated rings. The third-order valence-electron chi connectivity index (χ3n) is 4.84. The number of ether oxygens (including phenoxy) is 3. The summed E-state index contributed by atoms with van der Waals surface area (Å²) in [5.74, 6) is 0.0234. The largest absolute Gasteiger partial charge is 0.490 e. The Bertz CT molecular complexity index is 1220. The molecule has 10 heteroatoms. The molecule has 0 amide bonds. The van der Waals surface area contributed by atoms with Gasteiger partial charge in [-0.2, -0.15) is 18.2 Å². The van der Waals surface area contributed by atoms with E-state index in [2.05, 4.69) is 10.1 Å². The number of halogens is 3. The molecular weight excluding hydrogens is 477 g/mol. The predicted molar refractivity (Wildman–Crippen MR) is 126 cm³/mol. The van der Waals surface area contributed by atoms with Crippen molar-refractivity contribution in [3.05, 3.63) is 59.7 Å².